The standard InChI is InChI=1S/C9H14O7/c1-2-7(13)16-4-6(12)9(15)8(14)5(11)3-10/h2-3,5-6,8-9,11-12,14-15H,1,4H2/t5-,6-,8-,9-/m1/s1. The summed E-state index contributed by atoms with van der Waals surface area (Å²) in [6.45, 7) is 2.52. The van der Waals surface area contributed by atoms with Crippen molar-refractivity contribution in [2.75, 3.05) is 6.61 Å². The number of aliphatic hydroxyl groups excluding tert-OH is 4. The quantitative estimate of drug-likeness (QED) is 0.215. The van der Waals surface area contributed by atoms with Crippen molar-refractivity contribution in [1.82, 2.24) is 0 Å². The molecule has 0 rings (SSSR count). The van der Waals surface area contributed by atoms with Crippen molar-refractivity contribution in [2.24, 2.45) is 0 Å². The van der Waals surface area contributed by atoms with Gasteiger partial charge in [-0.15, -0.1) is 0 Å². The van der Waals surface area contributed by atoms with Crippen molar-refractivity contribution in [3.05, 3.63) is 12.7 Å². The van der Waals surface area contributed by atoms with Crippen LogP contribution in [0.15, 0.2) is 12.7 Å². The molecule has 0 unspecified atom stereocenters. The molecule has 0 fully saturated rings. The average molecular weight is 234 g/mol. The Balaban J connectivity index is 4.16. The van der Waals surface area contributed by atoms with E-state index in [9.17, 15) is 19.8 Å². The zero-order valence-electron chi connectivity index (χ0n) is 8.39. The van der Waals surface area contributed by atoms with Crippen LogP contribution >= 0.6 is 0 Å². The molecule has 4 N–H and O–H groups in total. The average Bonchev–Trinajstić information content (AvgIpc) is 2.32. The van der Waals surface area contributed by atoms with E-state index in [1.165, 1.54) is 0 Å². The molecule has 0 aliphatic carbocycles. The highest BCUT2D eigenvalue weighted by molar-refractivity contribution is 5.81. The Morgan fingerprint density at radius 3 is 2.25 bits per heavy atom. The molecule has 0 aromatic carbocycles. The molecule has 0 aliphatic rings. The molecule has 7 heteroatoms. The van der Waals surface area contributed by atoms with Gasteiger partial charge < -0.3 is 30.0 Å². The van der Waals surface area contributed by atoms with E-state index in [1.54, 1.807) is 0 Å². The molecule has 92 valence electrons. The van der Waals surface area contributed by atoms with Gasteiger partial charge in [-0.3, -0.25) is 0 Å². The van der Waals surface area contributed by atoms with Crippen LogP contribution in [0.1, 0.15) is 0 Å². The molecule has 0 radical (unpaired) electrons. The number of aldehydes is 1. The van der Waals surface area contributed by atoms with E-state index in [-0.39, 0.29) is 6.29 Å². The Bertz CT molecular complexity index is 252. The maximum absolute atomic E-state index is 10.6. The first-order chi connectivity index (χ1) is 7.43. The van der Waals surface area contributed by atoms with Gasteiger partial charge in [-0.25, -0.2) is 4.79 Å². The number of hydrogen-bond acceptors (Lipinski definition) is 7. The number of aliphatic hydroxyl groups is 4. The van der Waals surface area contributed by atoms with Crippen molar-refractivity contribution < 1.29 is 34.8 Å². The summed E-state index contributed by atoms with van der Waals surface area (Å²) in [6.07, 6.45) is -6.23. The zero-order chi connectivity index (χ0) is 12.7. The second-order valence-electron chi connectivity index (χ2n) is 3.01. The van der Waals surface area contributed by atoms with Gasteiger partial charge in [0.1, 0.15) is 31.0 Å². The molecule has 0 amide bonds. The Kier molecular flexibility index (Phi) is 6.50. The molecule has 0 saturated carbocycles. The number of rotatable bonds is 7. The number of carbonyl (C=O) groups excluding carboxylic acids is 2. The summed E-state index contributed by atoms with van der Waals surface area (Å²) >= 11 is 0. The summed E-state index contributed by atoms with van der Waals surface area (Å²) < 4.78 is 4.39. The van der Waals surface area contributed by atoms with Crippen LogP contribution < -0.4 is 0 Å². The van der Waals surface area contributed by atoms with Gasteiger partial charge in [-0.05, 0) is 0 Å². The molecule has 4 atom stereocenters. The first-order valence-corrected chi connectivity index (χ1v) is 4.40. The topological polar surface area (TPSA) is 124 Å². The predicted molar refractivity (Wildman–Crippen MR) is 51.2 cm³/mol. The van der Waals surface area contributed by atoms with E-state index in [1.807, 2.05) is 0 Å². The minimum absolute atomic E-state index is 0.0103. The van der Waals surface area contributed by atoms with Crippen LogP contribution in [0.2, 0.25) is 0 Å². The van der Waals surface area contributed by atoms with Crippen LogP contribution in [-0.2, 0) is 14.3 Å². The predicted octanol–water partition coefficient (Wildman–Crippen LogP) is -2.64. The van der Waals surface area contributed by atoms with Gasteiger partial charge in [0.2, 0.25) is 0 Å². The molecule has 0 saturated heterocycles. The molecule has 16 heavy (non-hydrogen) atoms. The number of hydrogen-bond donors (Lipinski definition) is 4. The zero-order valence-corrected chi connectivity index (χ0v) is 8.39. The van der Waals surface area contributed by atoms with Crippen LogP contribution in [0.5, 0.6) is 0 Å². The summed E-state index contributed by atoms with van der Waals surface area (Å²) in [5.41, 5.74) is 0. The molecular formula is C9H14O7. The van der Waals surface area contributed by atoms with Crippen molar-refractivity contribution >= 4 is 12.3 Å². The van der Waals surface area contributed by atoms with Crippen LogP contribution in [0, 0.1) is 0 Å². The van der Waals surface area contributed by atoms with Crippen molar-refractivity contribution in [1.29, 1.82) is 0 Å². The second-order valence-corrected chi connectivity index (χ2v) is 3.01. The van der Waals surface area contributed by atoms with E-state index >= 15 is 0 Å². The van der Waals surface area contributed by atoms with E-state index in [0.717, 1.165) is 6.08 Å². The van der Waals surface area contributed by atoms with Gasteiger partial charge in [-0.1, -0.05) is 6.58 Å². The van der Waals surface area contributed by atoms with Gasteiger partial charge in [0.05, 0.1) is 0 Å². The lowest BCUT2D eigenvalue weighted by Crippen LogP contribution is -2.46. The Hall–Kier alpha value is -1.28. The van der Waals surface area contributed by atoms with Crippen LogP contribution in [0.4, 0.5) is 0 Å². The fourth-order valence-electron chi connectivity index (χ4n) is 0.835. The molecule has 7 nitrogen and oxygen atoms in total. The number of esters is 1. The van der Waals surface area contributed by atoms with Crippen molar-refractivity contribution in [3.8, 4) is 0 Å². The maximum Gasteiger partial charge on any atom is 0.330 e. The van der Waals surface area contributed by atoms with Crippen LogP contribution in [0.3, 0.4) is 0 Å². The third-order valence-electron chi connectivity index (χ3n) is 1.80. The first kappa shape index (κ1) is 14.7. The summed E-state index contributed by atoms with van der Waals surface area (Å²) in [5, 5.41) is 36.4. The van der Waals surface area contributed by atoms with Crippen LogP contribution in [-0.4, -0.2) is 63.7 Å². The number of carbonyl (C=O) groups is 2. The van der Waals surface area contributed by atoms with Gasteiger partial charge in [0.15, 0.2) is 6.29 Å². The van der Waals surface area contributed by atoms with Crippen LogP contribution in [0.25, 0.3) is 0 Å². The second kappa shape index (κ2) is 7.07. The summed E-state index contributed by atoms with van der Waals surface area (Å²) in [4.78, 5) is 20.7. The maximum atomic E-state index is 10.6. The highest BCUT2D eigenvalue weighted by Gasteiger charge is 2.30. The third-order valence-corrected chi connectivity index (χ3v) is 1.80. The van der Waals surface area contributed by atoms with E-state index in [0.29, 0.717) is 0 Å². The Labute approximate surface area is 91.6 Å². The van der Waals surface area contributed by atoms with Gasteiger partial charge in [0.25, 0.3) is 0 Å². The van der Waals surface area contributed by atoms with E-state index < -0.39 is 37.0 Å². The molecule has 0 aromatic heterocycles. The lowest BCUT2D eigenvalue weighted by atomic mass is 10.0. The minimum atomic E-state index is -1.85. The molecule has 0 heterocycles. The lowest BCUT2D eigenvalue weighted by molar-refractivity contribution is -0.151. The smallest absolute Gasteiger partial charge is 0.330 e. The number of ether oxygens (including phenoxy) is 1. The highest BCUT2D eigenvalue weighted by atomic mass is 16.5. The monoisotopic (exact) mass is 234 g/mol. The minimum Gasteiger partial charge on any atom is -0.460 e. The first-order valence-electron chi connectivity index (χ1n) is 4.40. The van der Waals surface area contributed by atoms with Crippen molar-refractivity contribution in [2.45, 2.75) is 24.4 Å². The van der Waals surface area contributed by atoms with Gasteiger partial charge in [0, 0.05) is 6.08 Å². The third kappa shape index (κ3) is 4.49. The summed E-state index contributed by atoms with van der Waals surface area (Å²) in [5.74, 6) is -0.809. The summed E-state index contributed by atoms with van der Waals surface area (Å²) in [6, 6.07) is 0. The fraction of sp³-hybridized carbons (Fsp3) is 0.556. The SMILES string of the molecule is C=CC(=O)OC[C@@H](O)[C@@H](O)[C@H](O)[C@H](O)C=O. The molecule has 0 bridgehead atoms. The normalized spacial score (nSPS) is 18.0. The molecular weight excluding hydrogens is 220 g/mol. The Morgan fingerprint density at radius 1 is 1.25 bits per heavy atom. The van der Waals surface area contributed by atoms with Gasteiger partial charge in [-0.2, -0.15) is 0 Å². The lowest BCUT2D eigenvalue weighted by Gasteiger charge is -2.23. The largest absolute Gasteiger partial charge is 0.460 e. The highest BCUT2D eigenvalue weighted by Crippen LogP contribution is 2.04. The van der Waals surface area contributed by atoms with Gasteiger partial charge >= 0.3 is 5.97 Å². The van der Waals surface area contributed by atoms with E-state index in [2.05, 4.69) is 11.3 Å². The fourth-order valence-corrected chi connectivity index (χ4v) is 0.835. The Morgan fingerprint density at radius 2 is 1.81 bits per heavy atom. The molecule has 0 aromatic rings. The summed E-state index contributed by atoms with van der Waals surface area (Å²) in [7, 11) is 0. The van der Waals surface area contributed by atoms with Crippen molar-refractivity contribution in [3.63, 3.8) is 0 Å². The van der Waals surface area contributed by atoms with E-state index in [4.69, 9.17) is 10.2 Å². The molecule has 0 spiro atoms. The molecule has 0 aliphatic heterocycles.